The number of nitrogens with zero attached hydrogens (tertiary/aromatic N) is 2. The fraction of sp³-hybridized carbons (Fsp3) is 0.273. The number of hydrogen-bond acceptors (Lipinski definition) is 5. The maximum atomic E-state index is 14.1. The van der Waals surface area contributed by atoms with Gasteiger partial charge in [-0.15, -0.1) is 13.2 Å². The maximum Gasteiger partial charge on any atom is 0.210 e. The van der Waals surface area contributed by atoms with E-state index >= 15 is 0 Å². The van der Waals surface area contributed by atoms with Gasteiger partial charge in [0.1, 0.15) is 11.5 Å². The lowest BCUT2D eigenvalue weighted by molar-refractivity contribution is -0.436. The molecule has 0 spiro atoms. The smallest absolute Gasteiger partial charge is 0.210 e. The highest BCUT2D eigenvalue weighted by Crippen LogP contribution is 2.52. The van der Waals surface area contributed by atoms with Gasteiger partial charge in [-0.2, -0.15) is 4.58 Å². The Balaban J connectivity index is 1.35. The molecule has 0 saturated carbocycles. The van der Waals surface area contributed by atoms with Crippen molar-refractivity contribution in [2.24, 2.45) is 0 Å². The van der Waals surface area contributed by atoms with Gasteiger partial charge in [-0.1, -0.05) is 62.4 Å². The number of ketones is 1. The van der Waals surface area contributed by atoms with Crippen molar-refractivity contribution in [1.82, 2.24) is 0 Å². The van der Waals surface area contributed by atoms with Crippen LogP contribution in [0.15, 0.2) is 121 Å². The van der Waals surface area contributed by atoms with E-state index in [1.807, 2.05) is 48.6 Å². The summed E-state index contributed by atoms with van der Waals surface area (Å²) in [7, 11) is 1.69. The molecule has 0 saturated heterocycles. The minimum atomic E-state index is -0.482. The number of methoxy groups -OCH3 is 1. The predicted molar refractivity (Wildman–Crippen MR) is 204 cm³/mol. The highest BCUT2D eigenvalue weighted by molar-refractivity contribution is 6.24. The third kappa shape index (κ3) is 4.80. The second-order valence-corrected chi connectivity index (χ2v) is 14.4. The molecule has 254 valence electrons. The molecule has 4 aromatic rings. The average Bonchev–Trinajstić information content (AvgIpc) is 3.47. The van der Waals surface area contributed by atoms with Crippen LogP contribution >= 0.6 is 0 Å². The van der Waals surface area contributed by atoms with Crippen LogP contribution in [0, 0.1) is 0 Å². The summed E-state index contributed by atoms with van der Waals surface area (Å²) in [5.41, 5.74) is 6.94. The van der Waals surface area contributed by atoms with Crippen LogP contribution < -0.4 is 9.64 Å². The fourth-order valence-corrected chi connectivity index (χ4v) is 8.42. The lowest BCUT2D eigenvalue weighted by atomic mass is 9.76. The Kier molecular flexibility index (Phi) is 8.19. The number of benzene rings is 4. The van der Waals surface area contributed by atoms with Gasteiger partial charge in [-0.3, -0.25) is 4.79 Å². The zero-order valence-electron chi connectivity index (χ0n) is 29.6. The molecule has 0 atom stereocenters. The minimum Gasteiger partial charge on any atom is -0.506 e. The quantitative estimate of drug-likeness (QED) is 0.101. The SMILES string of the molecule is C=CCCN1/C(=C/C2=C(O)C(=C\C3=[N+](CCC=C)c4ccc5c(OC)cccc5c4C3(C)C)/C2=O)C(C)(C)c2c1ccc1c(CO)cccc21. The van der Waals surface area contributed by atoms with E-state index in [1.54, 1.807) is 7.11 Å². The second-order valence-electron chi connectivity index (χ2n) is 14.4. The molecule has 0 bridgehead atoms. The van der Waals surface area contributed by atoms with Crippen LogP contribution in [0.1, 0.15) is 57.2 Å². The standard InChI is InChI=1S/C44H44N2O4/c1-8-10-22-45-34-20-18-28-27(26-47)14-12-15-30(28)39(34)43(3,4)37(45)24-32-41(48)33(42(32)49)25-38-44(5,6)40-31-16-13-17-36(50-7)29(31)19-21-35(40)46(38)23-11-9-2/h8-9,12-21,24-25,47H,1-2,10-11,22-23,26H2,3-7H3/p+1. The Hall–Kier alpha value is -5.20. The van der Waals surface area contributed by atoms with Gasteiger partial charge in [0.05, 0.1) is 30.3 Å². The third-order valence-electron chi connectivity index (χ3n) is 10.9. The Labute approximate surface area is 294 Å². The predicted octanol–water partition coefficient (Wildman–Crippen LogP) is 9.03. The number of hydrogen-bond donors (Lipinski definition) is 2. The van der Waals surface area contributed by atoms with Gasteiger partial charge in [-0.05, 0) is 71.8 Å². The van der Waals surface area contributed by atoms with Crippen molar-refractivity contribution in [3.63, 3.8) is 0 Å². The van der Waals surface area contributed by atoms with Crippen molar-refractivity contribution in [2.45, 2.75) is 58.0 Å². The number of carbonyl (C=O) groups excluding carboxylic acids is 1. The molecule has 0 radical (unpaired) electrons. The summed E-state index contributed by atoms with van der Waals surface area (Å²) < 4.78 is 7.97. The number of Topliss-reactive ketones (excluding diaryl/α,β-unsaturated/α-hetero) is 1. The molecule has 2 N–H and O–H groups in total. The molecule has 0 fully saturated rings. The van der Waals surface area contributed by atoms with E-state index < -0.39 is 10.8 Å². The number of anilines is 1. The zero-order valence-corrected chi connectivity index (χ0v) is 29.6. The van der Waals surface area contributed by atoms with E-state index in [0.717, 1.165) is 74.0 Å². The minimum absolute atomic E-state index is 0.0137. The molecule has 50 heavy (non-hydrogen) atoms. The Morgan fingerprint density at radius 1 is 0.840 bits per heavy atom. The van der Waals surface area contributed by atoms with Gasteiger partial charge in [0.2, 0.25) is 11.5 Å². The summed E-state index contributed by atoms with van der Waals surface area (Å²) in [5, 5.41) is 26.0. The Morgan fingerprint density at radius 3 is 2.22 bits per heavy atom. The van der Waals surface area contributed by atoms with Crippen molar-refractivity contribution in [3.8, 4) is 5.75 Å². The number of aliphatic hydroxyl groups excluding tert-OH is 2. The van der Waals surface area contributed by atoms with E-state index in [4.69, 9.17) is 4.74 Å². The summed E-state index contributed by atoms with van der Waals surface area (Å²) in [6.45, 7) is 17.9. The van der Waals surface area contributed by atoms with Crippen molar-refractivity contribution in [2.75, 3.05) is 25.1 Å². The molecule has 0 unspecified atom stereocenters. The van der Waals surface area contributed by atoms with Crippen LogP contribution in [0.4, 0.5) is 11.4 Å². The zero-order chi connectivity index (χ0) is 35.5. The molecule has 2 heterocycles. The van der Waals surface area contributed by atoms with E-state index in [-0.39, 0.29) is 18.1 Å². The van der Waals surface area contributed by atoms with Crippen LogP contribution in [-0.2, 0) is 22.2 Å². The summed E-state index contributed by atoms with van der Waals surface area (Å²) in [6, 6.07) is 20.6. The Morgan fingerprint density at radius 2 is 1.54 bits per heavy atom. The molecule has 6 nitrogen and oxygen atoms in total. The summed E-state index contributed by atoms with van der Waals surface area (Å²) >= 11 is 0. The first-order valence-electron chi connectivity index (χ1n) is 17.3. The number of allylic oxidation sites excluding steroid dienone is 5. The number of ether oxygens (including phenoxy) is 1. The molecule has 7 rings (SSSR count). The van der Waals surface area contributed by atoms with Crippen LogP contribution in [-0.4, -0.2) is 46.5 Å². The van der Waals surface area contributed by atoms with Crippen LogP contribution in [0.5, 0.6) is 5.75 Å². The van der Waals surface area contributed by atoms with Crippen LogP contribution in [0.25, 0.3) is 21.5 Å². The maximum absolute atomic E-state index is 14.1. The first-order chi connectivity index (χ1) is 24.0. The molecule has 1 aliphatic carbocycles. The van der Waals surface area contributed by atoms with Gasteiger partial charge in [0.15, 0.2) is 12.3 Å². The number of rotatable bonds is 10. The fourth-order valence-electron chi connectivity index (χ4n) is 8.42. The first-order valence-corrected chi connectivity index (χ1v) is 17.3. The molecule has 2 aliphatic heterocycles. The molecular weight excluding hydrogens is 620 g/mol. The van der Waals surface area contributed by atoms with E-state index in [2.05, 4.69) is 86.7 Å². The average molecular weight is 666 g/mol. The highest BCUT2D eigenvalue weighted by Gasteiger charge is 2.48. The molecular formula is C44H45N2O4+. The van der Waals surface area contributed by atoms with Crippen molar-refractivity contribution < 1.29 is 24.3 Å². The lowest BCUT2D eigenvalue weighted by Gasteiger charge is -2.29. The van der Waals surface area contributed by atoms with E-state index in [1.165, 1.54) is 5.56 Å². The topological polar surface area (TPSA) is 73.0 Å². The molecule has 3 aliphatic rings. The number of aliphatic hydroxyl groups is 2. The third-order valence-corrected chi connectivity index (χ3v) is 10.9. The second kappa shape index (κ2) is 12.3. The highest BCUT2D eigenvalue weighted by atomic mass is 16.5. The summed E-state index contributed by atoms with van der Waals surface area (Å²) in [4.78, 5) is 16.3. The lowest BCUT2D eigenvalue weighted by Crippen LogP contribution is -2.32. The van der Waals surface area contributed by atoms with E-state index in [9.17, 15) is 15.0 Å². The normalized spacial score (nSPS) is 19.1. The number of fused-ring (bicyclic) bond motifs is 6. The molecule has 0 amide bonds. The van der Waals surface area contributed by atoms with Crippen LogP contribution in [0.3, 0.4) is 0 Å². The summed E-state index contributed by atoms with van der Waals surface area (Å²) in [5.74, 6) is 0.658. The molecule has 0 aromatic heterocycles. The van der Waals surface area contributed by atoms with Crippen molar-refractivity contribution in [3.05, 3.63) is 137 Å². The van der Waals surface area contributed by atoms with Gasteiger partial charge in [0, 0.05) is 52.9 Å². The van der Waals surface area contributed by atoms with Gasteiger partial charge in [-0.25, -0.2) is 0 Å². The monoisotopic (exact) mass is 665 g/mol. The summed E-state index contributed by atoms with van der Waals surface area (Å²) in [6.07, 6.45) is 9.09. The van der Waals surface area contributed by atoms with Gasteiger partial charge < -0.3 is 19.8 Å². The molecule has 6 heteroatoms. The molecule has 4 aromatic carbocycles. The van der Waals surface area contributed by atoms with Crippen LogP contribution in [0.2, 0.25) is 0 Å². The van der Waals surface area contributed by atoms with E-state index in [0.29, 0.717) is 24.2 Å². The van der Waals surface area contributed by atoms with Crippen molar-refractivity contribution >= 4 is 44.4 Å². The van der Waals surface area contributed by atoms with Gasteiger partial charge in [0.25, 0.3) is 0 Å². The van der Waals surface area contributed by atoms with Gasteiger partial charge >= 0.3 is 0 Å². The largest absolute Gasteiger partial charge is 0.506 e. The van der Waals surface area contributed by atoms with Crippen molar-refractivity contribution in [1.29, 1.82) is 0 Å². The Bertz CT molecular complexity index is 2260. The number of carbonyl (C=O) groups is 1. The first kappa shape index (κ1) is 33.3.